The highest BCUT2D eigenvalue weighted by molar-refractivity contribution is 9.10. The fourth-order valence-corrected chi connectivity index (χ4v) is 2.58. The summed E-state index contributed by atoms with van der Waals surface area (Å²) in [6.07, 6.45) is 3.22. The van der Waals surface area contributed by atoms with E-state index >= 15 is 0 Å². The zero-order valence-corrected chi connectivity index (χ0v) is 11.6. The van der Waals surface area contributed by atoms with Crippen molar-refractivity contribution in [2.45, 2.75) is 19.9 Å². The molecule has 3 rings (SSSR count). The predicted octanol–water partition coefficient (Wildman–Crippen LogP) is 2.83. The highest BCUT2D eigenvalue weighted by atomic mass is 79.9. The van der Waals surface area contributed by atoms with Crippen LogP contribution in [0.3, 0.4) is 0 Å². The molecule has 6 heteroatoms. The van der Waals surface area contributed by atoms with Gasteiger partial charge in [-0.3, -0.25) is 0 Å². The summed E-state index contributed by atoms with van der Waals surface area (Å²) < 4.78 is 2.83. The third-order valence-electron chi connectivity index (χ3n) is 2.99. The van der Waals surface area contributed by atoms with Crippen LogP contribution in [-0.4, -0.2) is 24.7 Å². The molecule has 0 spiro atoms. The Bertz CT molecular complexity index is 686. The van der Waals surface area contributed by atoms with E-state index in [1.165, 1.54) is 6.33 Å². The summed E-state index contributed by atoms with van der Waals surface area (Å²) in [5.41, 5.74) is 3.18. The van der Waals surface area contributed by atoms with E-state index in [2.05, 4.69) is 49.0 Å². The van der Waals surface area contributed by atoms with E-state index in [0.29, 0.717) is 0 Å². The number of benzene rings is 1. The Morgan fingerprint density at radius 3 is 2.94 bits per heavy atom. The summed E-state index contributed by atoms with van der Waals surface area (Å²) in [6.45, 7) is 4.09. The van der Waals surface area contributed by atoms with Crippen LogP contribution in [0, 0.1) is 6.92 Å². The minimum atomic E-state index is 0.0399. The smallest absolute Gasteiger partial charge is 0.137 e. The number of aryl methyl sites for hydroxylation is 1. The van der Waals surface area contributed by atoms with Gasteiger partial charge in [-0.15, -0.1) is 0 Å². The van der Waals surface area contributed by atoms with E-state index in [9.17, 15) is 0 Å². The minimum Gasteiger partial charge on any atom is -0.340 e. The van der Waals surface area contributed by atoms with Gasteiger partial charge in [0.05, 0.1) is 11.0 Å². The molecule has 0 bridgehead atoms. The first-order valence-corrected chi connectivity index (χ1v) is 6.44. The molecule has 2 heterocycles. The van der Waals surface area contributed by atoms with E-state index in [-0.39, 0.29) is 6.04 Å². The maximum Gasteiger partial charge on any atom is 0.137 e. The van der Waals surface area contributed by atoms with Crippen LogP contribution >= 0.6 is 15.9 Å². The molecular weight excluding hydrogens is 294 g/mol. The minimum absolute atomic E-state index is 0.0399. The number of rotatable bonds is 2. The third-order valence-corrected chi connectivity index (χ3v) is 3.45. The molecule has 0 aliphatic rings. The van der Waals surface area contributed by atoms with Crippen LogP contribution in [0.4, 0.5) is 0 Å². The average Bonchev–Trinajstić information content (AvgIpc) is 2.96. The van der Waals surface area contributed by atoms with E-state index in [4.69, 9.17) is 0 Å². The number of nitrogens with zero attached hydrogens (tertiary/aromatic N) is 4. The number of hydrogen-bond acceptors (Lipinski definition) is 3. The number of halogens is 1. The second-order valence-electron chi connectivity index (χ2n) is 4.29. The Kier molecular flexibility index (Phi) is 2.66. The van der Waals surface area contributed by atoms with Crippen LogP contribution in [-0.2, 0) is 0 Å². The number of H-pyrrole nitrogens is 1. The van der Waals surface area contributed by atoms with Crippen molar-refractivity contribution in [3.8, 4) is 0 Å². The number of aromatic amines is 1. The molecule has 1 unspecified atom stereocenters. The summed E-state index contributed by atoms with van der Waals surface area (Å²) in [7, 11) is 0. The van der Waals surface area contributed by atoms with Crippen LogP contribution < -0.4 is 0 Å². The molecule has 1 atom stereocenters. The topological polar surface area (TPSA) is 59.4 Å². The highest BCUT2D eigenvalue weighted by Gasteiger charge is 2.14. The van der Waals surface area contributed by atoms with Crippen LogP contribution in [0.15, 0.2) is 29.3 Å². The SMILES string of the molecule is Cc1cc(Br)cc2[nH]c(C(C)n3cncn3)nc12. The summed E-state index contributed by atoms with van der Waals surface area (Å²) in [5.74, 6) is 0.886. The Labute approximate surface area is 112 Å². The van der Waals surface area contributed by atoms with Gasteiger partial charge in [-0.25, -0.2) is 14.6 Å². The maximum atomic E-state index is 4.64. The van der Waals surface area contributed by atoms with Gasteiger partial charge in [0.1, 0.15) is 24.5 Å². The van der Waals surface area contributed by atoms with Crippen LogP contribution in [0.2, 0.25) is 0 Å². The second kappa shape index (κ2) is 4.20. The first-order valence-electron chi connectivity index (χ1n) is 5.65. The number of hydrogen-bond donors (Lipinski definition) is 1. The first-order chi connectivity index (χ1) is 8.65. The van der Waals surface area contributed by atoms with Gasteiger partial charge in [0, 0.05) is 4.47 Å². The standard InChI is InChI=1S/C12H12BrN5/c1-7-3-9(13)4-10-11(7)17-12(16-10)8(2)18-6-14-5-15-18/h3-6,8H,1-2H3,(H,16,17). The van der Waals surface area contributed by atoms with E-state index in [1.54, 1.807) is 11.0 Å². The lowest BCUT2D eigenvalue weighted by Crippen LogP contribution is -2.08. The normalized spacial score (nSPS) is 13.1. The van der Waals surface area contributed by atoms with Crippen LogP contribution in [0.25, 0.3) is 11.0 Å². The lowest BCUT2D eigenvalue weighted by atomic mass is 10.2. The molecule has 0 fully saturated rings. The van der Waals surface area contributed by atoms with E-state index < -0.39 is 0 Å². The van der Waals surface area contributed by atoms with Gasteiger partial charge in [0.25, 0.3) is 0 Å². The Balaban J connectivity index is 2.11. The molecule has 0 saturated carbocycles. The lowest BCUT2D eigenvalue weighted by Gasteiger charge is -2.07. The molecule has 3 aromatic rings. The van der Waals surface area contributed by atoms with Crippen molar-refractivity contribution in [3.05, 3.63) is 40.6 Å². The third kappa shape index (κ3) is 1.82. The van der Waals surface area contributed by atoms with Gasteiger partial charge in [-0.05, 0) is 31.5 Å². The molecule has 0 radical (unpaired) electrons. The zero-order chi connectivity index (χ0) is 12.7. The molecule has 0 aliphatic heterocycles. The van der Waals surface area contributed by atoms with Gasteiger partial charge in [0.15, 0.2) is 0 Å². The Morgan fingerprint density at radius 2 is 2.22 bits per heavy atom. The van der Waals surface area contributed by atoms with Crippen molar-refractivity contribution >= 4 is 27.0 Å². The number of fused-ring (bicyclic) bond motifs is 1. The van der Waals surface area contributed by atoms with Crippen molar-refractivity contribution in [3.63, 3.8) is 0 Å². The molecule has 2 aromatic heterocycles. The fraction of sp³-hybridized carbons (Fsp3) is 0.250. The largest absolute Gasteiger partial charge is 0.340 e. The van der Waals surface area contributed by atoms with Gasteiger partial charge in [-0.2, -0.15) is 5.10 Å². The first kappa shape index (κ1) is 11.4. The van der Waals surface area contributed by atoms with Crippen LogP contribution in [0.5, 0.6) is 0 Å². The number of imidazole rings is 1. The molecule has 0 aliphatic carbocycles. The van der Waals surface area contributed by atoms with E-state index in [1.807, 2.05) is 13.0 Å². The van der Waals surface area contributed by atoms with Crippen LogP contribution in [0.1, 0.15) is 24.4 Å². The summed E-state index contributed by atoms with van der Waals surface area (Å²) in [4.78, 5) is 11.9. The lowest BCUT2D eigenvalue weighted by molar-refractivity contribution is 0.540. The second-order valence-corrected chi connectivity index (χ2v) is 5.21. The predicted molar refractivity (Wildman–Crippen MR) is 72.4 cm³/mol. The molecule has 1 N–H and O–H groups in total. The van der Waals surface area contributed by atoms with Crippen molar-refractivity contribution < 1.29 is 0 Å². The molecule has 5 nitrogen and oxygen atoms in total. The molecule has 0 amide bonds. The summed E-state index contributed by atoms with van der Waals surface area (Å²) in [5, 5.41) is 4.14. The monoisotopic (exact) mass is 305 g/mol. The van der Waals surface area contributed by atoms with Gasteiger partial charge >= 0.3 is 0 Å². The average molecular weight is 306 g/mol. The fourth-order valence-electron chi connectivity index (χ4n) is 2.01. The molecule has 92 valence electrons. The van der Waals surface area contributed by atoms with Crippen molar-refractivity contribution in [2.75, 3.05) is 0 Å². The van der Waals surface area contributed by atoms with Gasteiger partial charge < -0.3 is 4.98 Å². The Morgan fingerprint density at radius 1 is 1.39 bits per heavy atom. The molecule has 18 heavy (non-hydrogen) atoms. The summed E-state index contributed by atoms with van der Waals surface area (Å²) >= 11 is 3.49. The molecular formula is C12H12BrN5. The molecule has 0 saturated heterocycles. The van der Waals surface area contributed by atoms with Gasteiger partial charge in [-0.1, -0.05) is 15.9 Å². The number of nitrogens with one attached hydrogen (secondary N) is 1. The highest BCUT2D eigenvalue weighted by Crippen LogP contribution is 2.24. The maximum absolute atomic E-state index is 4.64. The van der Waals surface area contributed by atoms with Crippen molar-refractivity contribution in [1.29, 1.82) is 0 Å². The van der Waals surface area contributed by atoms with Gasteiger partial charge in [0.2, 0.25) is 0 Å². The Hall–Kier alpha value is -1.69. The quantitative estimate of drug-likeness (QED) is 0.792. The number of aromatic nitrogens is 5. The summed E-state index contributed by atoms with van der Waals surface area (Å²) in [6, 6.07) is 4.14. The van der Waals surface area contributed by atoms with Crippen molar-refractivity contribution in [1.82, 2.24) is 24.7 Å². The molecule has 1 aromatic carbocycles. The zero-order valence-electron chi connectivity index (χ0n) is 10.1. The van der Waals surface area contributed by atoms with E-state index in [0.717, 1.165) is 26.9 Å². The van der Waals surface area contributed by atoms with Crippen molar-refractivity contribution in [2.24, 2.45) is 0 Å².